The Morgan fingerprint density at radius 2 is 1.43 bits per heavy atom. The standard InChI is InChI=1S/C46H60N6O4/c1-6-50(7-2)37-22-20-35(21-23-37)45(54)52-25-9-11-42(52)44-48-29-40(49-44)34-18-16-32(17-19-34)31-12-14-33(15-13-31)36-26-39(47-28-36)41-10-8-24-51(41)46(55)38(30(3)4)27-43(53)56-5/h12-19,28-30,35,37-38,41-42H,6-11,20-27H2,1-5H3,(H,48,49)/t35?,37?,38-,41?,42-/m0/s1. The summed E-state index contributed by atoms with van der Waals surface area (Å²) in [5.41, 5.74) is 7.60. The van der Waals surface area contributed by atoms with Gasteiger partial charge in [0.2, 0.25) is 11.8 Å². The van der Waals surface area contributed by atoms with Crippen LogP contribution in [0.1, 0.15) is 109 Å². The van der Waals surface area contributed by atoms with Crippen molar-refractivity contribution in [2.45, 2.75) is 110 Å². The van der Waals surface area contributed by atoms with E-state index in [1.54, 1.807) is 0 Å². The Morgan fingerprint density at radius 1 is 0.821 bits per heavy atom. The van der Waals surface area contributed by atoms with E-state index in [0.29, 0.717) is 24.9 Å². The van der Waals surface area contributed by atoms with E-state index in [0.717, 1.165) is 116 Å². The van der Waals surface area contributed by atoms with E-state index < -0.39 is 5.92 Å². The molecule has 0 radical (unpaired) electrons. The summed E-state index contributed by atoms with van der Waals surface area (Å²) >= 11 is 0. The van der Waals surface area contributed by atoms with E-state index in [4.69, 9.17) is 14.7 Å². The molecule has 0 spiro atoms. The number of H-pyrrole nitrogens is 1. The number of aromatic amines is 1. The van der Waals surface area contributed by atoms with E-state index in [1.165, 1.54) is 7.11 Å². The van der Waals surface area contributed by atoms with E-state index in [9.17, 15) is 14.4 Å². The van der Waals surface area contributed by atoms with Gasteiger partial charge in [-0.2, -0.15) is 0 Å². The van der Waals surface area contributed by atoms with E-state index >= 15 is 0 Å². The average molecular weight is 761 g/mol. The number of imidazole rings is 1. The summed E-state index contributed by atoms with van der Waals surface area (Å²) in [6.45, 7) is 12.1. The molecule has 56 heavy (non-hydrogen) atoms. The fourth-order valence-electron chi connectivity index (χ4n) is 9.64. The first-order valence-electron chi connectivity index (χ1n) is 21.1. The molecule has 2 aromatic carbocycles. The number of allylic oxidation sites excluding steroid dienone is 1. The lowest BCUT2D eigenvalue weighted by atomic mass is 9.84. The predicted molar refractivity (Wildman–Crippen MR) is 222 cm³/mol. The third kappa shape index (κ3) is 8.41. The zero-order valence-electron chi connectivity index (χ0n) is 34.0. The fraction of sp³-hybridized carbons (Fsp3) is 0.543. The molecule has 0 bridgehead atoms. The Labute approximate surface area is 332 Å². The van der Waals surface area contributed by atoms with Crippen molar-refractivity contribution < 1.29 is 19.1 Å². The molecule has 298 valence electrons. The minimum Gasteiger partial charge on any atom is -0.469 e. The molecule has 10 nitrogen and oxygen atoms in total. The van der Waals surface area contributed by atoms with Gasteiger partial charge in [-0.15, -0.1) is 0 Å². The zero-order valence-corrected chi connectivity index (χ0v) is 34.0. The third-order valence-electron chi connectivity index (χ3n) is 13.0. The summed E-state index contributed by atoms with van der Waals surface area (Å²) in [6.07, 6.45) is 12.6. The number of aliphatic imine (C=N–C) groups is 1. The van der Waals surface area contributed by atoms with Crippen molar-refractivity contribution in [1.82, 2.24) is 24.7 Å². The first kappa shape index (κ1) is 39.7. The second kappa shape index (κ2) is 17.7. The van der Waals surface area contributed by atoms with Crippen molar-refractivity contribution in [2.24, 2.45) is 22.7 Å². The van der Waals surface area contributed by atoms with Crippen LogP contribution in [0.5, 0.6) is 0 Å². The van der Waals surface area contributed by atoms with Crippen LogP contribution in [0.25, 0.3) is 28.0 Å². The Morgan fingerprint density at radius 3 is 2.05 bits per heavy atom. The maximum Gasteiger partial charge on any atom is 0.306 e. The van der Waals surface area contributed by atoms with Gasteiger partial charge in [0, 0.05) is 43.4 Å². The number of nitrogens with zero attached hydrogens (tertiary/aromatic N) is 5. The molecule has 1 saturated carbocycles. The second-order valence-corrected chi connectivity index (χ2v) is 16.5. The molecule has 1 unspecified atom stereocenters. The number of rotatable bonds is 13. The van der Waals surface area contributed by atoms with Crippen LogP contribution < -0.4 is 0 Å². The number of carbonyl (C=O) groups is 3. The van der Waals surface area contributed by atoms with E-state index in [2.05, 4.69) is 77.2 Å². The van der Waals surface area contributed by atoms with Crippen LogP contribution >= 0.6 is 0 Å². The number of nitrogens with one attached hydrogen (secondary N) is 1. The molecule has 4 aliphatic rings. The van der Waals surface area contributed by atoms with Crippen molar-refractivity contribution in [3.8, 4) is 22.4 Å². The Bertz CT molecular complexity index is 1900. The van der Waals surface area contributed by atoms with E-state index in [-0.39, 0.29) is 42.2 Å². The van der Waals surface area contributed by atoms with Gasteiger partial charge in [-0.05, 0) is 98.2 Å². The number of methoxy groups -OCH3 is 1. The minimum atomic E-state index is -0.395. The number of hydrogen-bond acceptors (Lipinski definition) is 7. The monoisotopic (exact) mass is 760 g/mol. The quantitative estimate of drug-likeness (QED) is 0.176. The molecule has 3 fully saturated rings. The maximum atomic E-state index is 13.8. The van der Waals surface area contributed by atoms with Crippen LogP contribution in [0, 0.1) is 17.8 Å². The van der Waals surface area contributed by atoms with Crippen molar-refractivity contribution in [1.29, 1.82) is 0 Å². The summed E-state index contributed by atoms with van der Waals surface area (Å²) in [4.78, 5) is 59.3. The highest BCUT2D eigenvalue weighted by Gasteiger charge is 2.39. The van der Waals surface area contributed by atoms with Gasteiger partial charge < -0.3 is 24.4 Å². The Hall–Kier alpha value is -4.57. The first-order valence-corrected chi connectivity index (χ1v) is 21.1. The topological polar surface area (TPSA) is 111 Å². The predicted octanol–water partition coefficient (Wildman–Crippen LogP) is 8.32. The largest absolute Gasteiger partial charge is 0.469 e. The van der Waals surface area contributed by atoms with E-state index in [1.807, 2.05) is 31.1 Å². The van der Waals surface area contributed by atoms with Crippen molar-refractivity contribution in [2.75, 3.05) is 33.3 Å². The highest BCUT2D eigenvalue weighted by atomic mass is 16.5. The van der Waals surface area contributed by atoms with Crippen LogP contribution in [0.2, 0.25) is 0 Å². The van der Waals surface area contributed by atoms with Gasteiger partial charge in [0.05, 0.1) is 43.4 Å². The fourth-order valence-corrected chi connectivity index (χ4v) is 9.64. The van der Waals surface area contributed by atoms with Gasteiger partial charge in [0.25, 0.3) is 0 Å². The number of ether oxygens (including phenoxy) is 1. The highest BCUT2D eigenvalue weighted by molar-refractivity contribution is 6.03. The average Bonchev–Trinajstić information content (AvgIpc) is 4.07. The number of hydrogen-bond donors (Lipinski definition) is 1. The van der Waals surface area contributed by atoms with Crippen LogP contribution in [-0.4, -0.2) is 93.5 Å². The summed E-state index contributed by atoms with van der Waals surface area (Å²) in [6, 6.07) is 17.8. The molecule has 1 N–H and O–H groups in total. The summed E-state index contributed by atoms with van der Waals surface area (Å²) in [5.74, 6) is 0.660. The van der Waals surface area contributed by atoms with Crippen LogP contribution in [0.4, 0.5) is 0 Å². The van der Waals surface area contributed by atoms with Gasteiger partial charge in [-0.1, -0.05) is 76.2 Å². The molecule has 7 rings (SSSR count). The molecule has 1 aromatic heterocycles. The lowest BCUT2D eigenvalue weighted by molar-refractivity contribution is -0.148. The van der Waals surface area contributed by atoms with Gasteiger partial charge in [0.1, 0.15) is 5.82 Å². The molecule has 3 aromatic rings. The SMILES string of the molecule is CCN(CC)C1CCC(C(=O)N2CCC[C@H]2c2ncc(-c3ccc(-c4ccc(C5=CN=C(C6CCCN6C(=O)[C@@H](CC(=O)OC)C(C)C)C5)cc4)cc3)[nH]2)CC1. The number of amides is 2. The lowest BCUT2D eigenvalue weighted by Gasteiger charge is -2.37. The Balaban J connectivity index is 0.942. The summed E-state index contributed by atoms with van der Waals surface area (Å²) in [5, 5.41) is 0. The van der Waals surface area contributed by atoms with Gasteiger partial charge >= 0.3 is 5.97 Å². The van der Waals surface area contributed by atoms with Crippen molar-refractivity contribution >= 4 is 29.1 Å². The number of likely N-dealkylation sites (tertiary alicyclic amines) is 2. The minimum absolute atomic E-state index is 0.0147. The molecule has 3 aliphatic heterocycles. The third-order valence-corrected chi connectivity index (χ3v) is 13.0. The smallest absolute Gasteiger partial charge is 0.306 e. The van der Waals surface area contributed by atoms with Gasteiger partial charge in [0.15, 0.2) is 0 Å². The summed E-state index contributed by atoms with van der Waals surface area (Å²) in [7, 11) is 1.37. The van der Waals surface area contributed by atoms with Crippen molar-refractivity contribution in [3.05, 3.63) is 72.3 Å². The molecular formula is C46H60N6O4. The first-order chi connectivity index (χ1) is 27.2. The van der Waals surface area contributed by atoms with Gasteiger partial charge in [-0.25, -0.2) is 4.98 Å². The molecule has 2 amide bonds. The van der Waals surface area contributed by atoms with Crippen LogP contribution in [-0.2, 0) is 19.1 Å². The van der Waals surface area contributed by atoms with Gasteiger partial charge in [-0.3, -0.25) is 19.4 Å². The molecule has 2 saturated heterocycles. The maximum absolute atomic E-state index is 13.8. The number of benzene rings is 2. The number of esters is 1. The molecule has 4 heterocycles. The van der Waals surface area contributed by atoms with Crippen LogP contribution in [0.3, 0.4) is 0 Å². The lowest BCUT2D eigenvalue weighted by Crippen LogP contribution is -2.45. The Kier molecular flexibility index (Phi) is 12.5. The molecule has 1 aliphatic carbocycles. The van der Waals surface area contributed by atoms with Crippen molar-refractivity contribution in [3.63, 3.8) is 0 Å². The number of aromatic nitrogens is 2. The normalized spacial score (nSPS) is 23.1. The second-order valence-electron chi connectivity index (χ2n) is 16.5. The molecular weight excluding hydrogens is 701 g/mol. The molecule has 3 atom stereocenters. The number of carbonyl (C=O) groups excluding carboxylic acids is 3. The highest BCUT2D eigenvalue weighted by Crippen LogP contribution is 2.37. The molecule has 10 heteroatoms. The zero-order chi connectivity index (χ0) is 39.3. The summed E-state index contributed by atoms with van der Waals surface area (Å²) < 4.78 is 4.89. The van der Waals surface area contributed by atoms with Crippen LogP contribution in [0.15, 0.2) is 65.9 Å².